The molecule has 1 aromatic rings. The lowest BCUT2D eigenvalue weighted by Gasteiger charge is -2.46. The molecule has 0 spiro atoms. The highest BCUT2D eigenvalue weighted by Gasteiger charge is 2.31. The third-order valence-electron chi connectivity index (χ3n) is 6.79. The summed E-state index contributed by atoms with van der Waals surface area (Å²) in [6, 6.07) is 9.61. The summed E-state index contributed by atoms with van der Waals surface area (Å²) >= 11 is 0. The molecule has 3 aliphatic rings. The van der Waals surface area contributed by atoms with E-state index in [1.807, 2.05) is 0 Å². The van der Waals surface area contributed by atoms with Crippen LogP contribution in [-0.4, -0.2) is 49.6 Å². The van der Waals surface area contributed by atoms with Gasteiger partial charge in [0, 0.05) is 43.8 Å². The number of halogens is 1. The van der Waals surface area contributed by atoms with Gasteiger partial charge in [0.05, 0.1) is 0 Å². The van der Waals surface area contributed by atoms with Crippen LogP contribution >= 0.6 is 12.4 Å². The predicted molar refractivity (Wildman–Crippen MR) is 118 cm³/mol. The molecule has 1 unspecified atom stereocenters. The van der Waals surface area contributed by atoms with E-state index in [9.17, 15) is 4.79 Å². The van der Waals surface area contributed by atoms with Crippen molar-refractivity contribution in [3.05, 3.63) is 29.8 Å². The van der Waals surface area contributed by atoms with Crippen molar-refractivity contribution >= 4 is 24.0 Å². The van der Waals surface area contributed by atoms with Crippen molar-refractivity contribution < 1.29 is 4.79 Å². The average molecular weight is 406 g/mol. The fraction of sp³-hybridized carbons (Fsp3) is 0.696. The number of carbonyl (C=O) groups excluding carboxylic acids is 1. The number of aryl methyl sites for hydroxylation is 1. The van der Waals surface area contributed by atoms with Crippen molar-refractivity contribution in [1.82, 2.24) is 10.2 Å². The zero-order valence-corrected chi connectivity index (χ0v) is 17.9. The Kier molecular flexibility index (Phi) is 8.04. The molecule has 2 heterocycles. The Bertz CT molecular complexity index is 632. The van der Waals surface area contributed by atoms with Gasteiger partial charge in [-0.3, -0.25) is 9.69 Å². The van der Waals surface area contributed by atoms with Crippen LogP contribution in [0.4, 0.5) is 5.69 Å². The predicted octanol–water partition coefficient (Wildman–Crippen LogP) is 4.02. The van der Waals surface area contributed by atoms with Crippen molar-refractivity contribution in [2.45, 2.75) is 63.8 Å². The SMILES string of the molecule is Cl.O=C(NCCCCN1CCN2c3ccccc3CCC2C1)C1CCCCC1. The number of rotatable bonds is 6. The van der Waals surface area contributed by atoms with Crippen LogP contribution in [0.2, 0.25) is 0 Å². The van der Waals surface area contributed by atoms with Gasteiger partial charge >= 0.3 is 0 Å². The minimum atomic E-state index is 0. The fourth-order valence-electron chi connectivity index (χ4n) is 5.19. The summed E-state index contributed by atoms with van der Waals surface area (Å²) in [6.07, 6.45) is 10.8. The average Bonchev–Trinajstić information content (AvgIpc) is 2.73. The smallest absolute Gasteiger partial charge is 0.223 e. The minimum Gasteiger partial charge on any atom is -0.366 e. The lowest BCUT2D eigenvalue weighted by molar-refractivity contribution is -0.125. The van der Waals surface area contributed by atoms with Gasteiger partial charge in [-0.05, 0) is 56.7 Å². The molecule has 1 amide bonds. The van der Waals surface area contributed by atoms with E-state index < -0.39 is 0 Å². The third-order valence-corrected chi connectivity index (χ3v) is 6.79. The third kappa shape index (κ3) is 5.21. The van der Waals surface area contributed by atoms with Gasteiger partial charge in [0.25, 0.3) is 0 Å². The van der Waals surface area contributed by atoms with Gasteiger partial charge in [-0.2, -0.15) is 0 Å². The number of fused-ring (bicyclic) bond motifs is 3. The van der Waals surface area contributed by atoms with Crippen LogP contribution < -0.4 is 10.2 Å². The molecule has 0 radical (unpaired) electrons. The summed E-state index contributed by atoms with van der Waals surface area (Å²) in [7, 11) is 0. The molecule has 0 aromatic heterocycles. The number of amides is 1. The Balaban J connectivity index is 0.00000225. The van der Waals surface area contributed by atoms with E-state index in [0.717, 1.165) is 32.4 Å². The van der Waals surface area contributed by atoms with Crippen molar-refractivity contribution in [3.8, 4) is 0 Å². The standard InChI is InChI=1S/C23H35N3O.ClH/c27-23(20-9-2-1-3-10-20)24-14-6-7-15-25-16-17-26-21(18-25)13-12-19-8-4-5-11-22(19)26;/h4-5,8,11,20-21H,1-3,6-7,9-10,12-18H2,(H,24,27);1H. The monoisotopic (exact) mass is 405 g/mol. The van der Waals surface area contributed by atoms with E-state index in [0.29, 0.717) is 17.9 Å². The van der Waals surface area contributed by atoms with Gasteiger partial charge in [-0.25, -0.2) is 0 Å². The molecule has 1 saturated carbocycles. The lowest BCUT2D eigenvalue weighted by Crippen LogP contribution is -2.55. The van der Waals surface area contributed by atoms with E-state index in [1.54, 1.807) is 0 Å². The van der Waals surface area contributed by atoms with Gasteiger partial charge in [0.2, 0.25) is 5.91 Å². The number of nitrogens with zero attached hydrogens (tertiary/aromatic N) is 2. The first-order chi connectivity index (χ1) is 13.3. The highest BCUT2D eigenvalue weighted by Crippen LogP contribution is 2.32. The molecule has 5 heteroatoms. The molecule has 1 saturated heterocycles. The summed E-state index contributed by atoms with van der Waals surface area (Å²) in [6.45, 7) is 5.54. The van der Waals surface area contributed by atoms with Gasteiger partial charge < -0.3 is 10.2 Å². The van der Waals surface area contributed by atoms with Crippen LogP contribution in [0.5, 0.6) is 0 Å². The van der Waals surface area contributed by atoms with Crippen molar-refractivity contribution in [3.63, 3.8) is 0 Å². The summed E-state index contributed by atoms with van der Waals surface area (Å²) in [5, 5.41) is 3.18. The molecule has 156 valence electrons. The Labute approximate surface area is 176 Å². The second-order valence-electron chi connectivity index (χ2n) is 8.65. The minimum absolute atomic E-state index is 0. The summed E-state index contributed by atoms with van der Waals surface area (Å²) in [5.74, 6) is 0.602. The summed E-state index contributed by atoms with van der Waals surface area (Å²) < 4.78 is 0. The second-order valence-corrected chi connectivity index (χ2v) is 8.65. The number of unbranched alkanes of at least 4 members (excludes halogenated alkanes) is 1. The van der Waals surface area contributed by atoms with E-state index >= 15 is 0 Å². The maximum atomic E-state index is 12.2. The molecular formula is C23H36ClN3O. The molecule has 1 atom stereocenters. The number of hydrogen-bond donors (Lipinski definition) is 1. The van der Waals surface area contributed by atoms with Crippen LogP contribution in [0.25, 0.3) is 0 Å². The van der Waals surface area contributed by atoms with Crippen molar-refractivity contribution in [1.29, 1.82) is 0 Å². The Morgan fingerprint density at radius 1 is 1.04 bits per heavy atom. The van der Waals surface area contributed by atoms with Crippen LogP contribution in [0.3, 0.4) is 0 Å². The van der Waals surface area contributed by atoms with E-state index in [2.05, 4.69) is 39.4 Å². The van der Waals surface area contributed by atoms with E-state index in [-0.39, 0.29) is 12.4 Å². The summed E-state index contributed by atoms with van der Waals surface area (Å²) in [4.78, 5) is 17.5. The highest BCUT2D eigenvalue weighted by atomic mass is 35.5. The molecular weight excluding hydrogens is 370 g/mol. The molecule has 1 aliphatic carbocycles. The topological polar surface area (TPSA) is 35.6 Å². The van der Waals surface area contributed by atoms with Crippen LogP contribution in [0.1, 0.15) is 56.9 Å². The van der Waals surface area contributed by atoms with Crippen LogP contribution in [0, 0.1) is 5.92 Å². The second kappa shape index (κ2) is 10.5. The molecule has 2 aliphatic heterocycles. The van der Waals surface area contributed by atoms with Gasteiger partial charge in [-0.15, -0.1) is 12.4 Å². The Hall–Kier alpha value is -1.26. The number of nitrogens with one attached hydrogen (secondary N) is 1. The van der Waals surface area contributed by atoms with Gasteiger partial charge in [0.15, 0.2) is 0 Å². The molecule has 28 heavy (non-hydrogen) atoms. The molecule has 1 N–H and O–H groups in total. The maximum Gasteiger partial charge on any atom is 0.223 e. The van der Waals surface area contributed by atoms with E-state index in [4.69, 9.17) is 0 Å². The zero-order valence-electron chi connectivity index (χ0n) is 17.1. The first-order valence-corrected chi connectivity index (χ1v) is 11.2. The zero-order chi connectivity index (χ0) is 18.5. The lowest BCUT2D eigenvalue weighted by atomic mass is 9.89. The first kappa shape index (κ1) is 21.4. The van der Waals surface area contributed by atoms with Crippen LogP contribution in [-0.2, 0) is 11.2 Å². The van der Waals surface area contributed by atoms with Crippen molar-refractivity contribution in [2.75, 3.05) is 37.6 Å². The molecule has 4 rings (SSSR count). The maximum absolute atomic E-state index is 12.2. The van der Waals surface area contributed by atoms with Gasteiger partial charge in [-0.1, -0.05) is 37.5 Å². The quantitative estimate of drug-likeness (QED) is 0.726. The van der Waals surface area contributed by atoms with E-state index in [1.165, 1.54) is 69.4 Å². The fourth-order valence-corrected chi connectivity index (χ4v) is 5.19. The number of benzene rings is 1. The first-order valence-electron chi connectivity index (χ1n) is 11.2. The molecule has 1 aromatic carbocycles. The molecule has 0 bridgehead atoms. The number of para-hydroxylation sites is 1. The van der Waals surface area contributed by atoms with Gasteiger partial charge in [0.1, 0.15) is 0 Å². The summed E-state index contributed by atoms with van der Waals surface area (Å²) in [5.41, 5.74) is 3.00. The molecule has 2 fully saturated rings. The number of carbonyl (C=O) groups is 1. The Morgan fingerprint density at radius 3 is 2.71 bits per heavy atom. The van der Waals surface area contributed by atoms with Crippen LogP contribution in [0.15, 0.2) is 24.3 Å². The highest BCUT2D eigenvalue weighted by molar-refractivity contribution is 5.85. The Morgan fingerprint density at radius 2 is 1.86 bits per heavy atom. The normalized spacial score (nSPS) is 22.7. The number of piperazine rings is 1. The largest absolute Gasteiger partial charge is 0.366 e. The molecule has 4 nitrogen and oxygen atoms in total. The number of hydrogen-bond acceptors (Lipinski definition) is 3. The number of anilines is 1. The van der Waals surface area contributed by atoms with Crippen molar-refractivity contribution in [2.24, 2.45) is 5.92 Å².